The van der Waals surface area contributed by atoms with E-state index in [1.165, 1.54) is 15.6 Å². The van der Waals surface area contributed by atoms with Crippen LogP contribution in [0, 0.1) is 0 Å². The molecule has 0 aliphatic heterocycles. The van der Waals surface area contributed by atoms with Crippen molar-refractivity contribution in [3.8, 4) is 22.5 Å². The van der Waals surface area contributed by atoms with Crippen molar-refractivity contribution >= 4 is 11.6 Å². The number of hydrogen-bond acceptors (Lipinski definition) is 5. The number of rotatable bonds is 6. The van der Waals surface area contributed by atoms with Crippen LogP contribution in [0.3, 0.4) is 0 Å². The van der Waals surface area contributed by atoms with E-state index in [0.717, 1.165) is 22.3 Å². The van der Waals surface area contributed by atoms with Gasteiger partial charge in [0.05, 0.1) is 29.9 Å². The Balaban J connectivity index is 1.74. The standard InChI is InChI=1S/C23H23N5O3/c1-3-31-23(30)26(2)15-16-28-20(29)13-12-18(24-28)21-19-11-7-8-14-27(19)25-22(21)17-9-5-4-6-10-17/h4-14H,3,15-16H2,1-2H3. The average molecular weight is 417 g/mol. The third-order valence-electron chi connectivity index (χ3n) is 4.94. The Hall–Kier alpha value is -3.94. The van der Waals surface area contributed by atoms with Crippen LogP contribution in [-0.4, -0.2) is 50.6 Å². The quantitative estimate of drug-likeness (QED) is 0.481. The molecular formula is C23H23N5O3. The maximum Gasteiger partial charge on any atom is 0.409 e. The van der Waals surface area contributed by atoms with Gasteiger partial charge in [-0.3, -0.25) is 4.79 Å². The normalized spacial score (nSPS) is 10.9. The number of ether oxygens (including phenoxy) is 1. The van der Waals surface area contributed by atoms with E-state index in [-0.39, 0.29) is 12.1 Å². The van der Waals surface area contributed by atoms with Crippen molar-refractivity contribution in [3.63, 3.8) is 0 Å². The lowest BCUT2D eigenvalue weighted by Gasteiger charge is -2.16. The van der Waals surface area contributed by atoms with Crippen LogP contribution in [0.25, 0.3) is 28.0 Å². The third kappa shape index (κ3) is 4.18. The van der Waals surface area contributed by atoms with Crippen molar-refractivity contribution in [2.75, 3.05) is 20.2 Å². The van der Waals surface area contributed by atoms with Gasteiger partial charge in [-0.05, 0) is 25.1 Å². The van der Waals surface area contributed by atoms with E-state index < -0.39 is 6.09 Å². The first-order valence-electron chi connectivity index (χ1n) is 10.1. The molecule has 1 amide bonds. The second kappa shape index (κ2) is 8.83. The number of benzene rings is 1. The van der Waals surface area contributed by atoms with Gasteiger partial charge in [0.1, 0.15) is 5.69 Å². The van der Waals surface area contributed by atoms with E-state index in [2.05, 4.69) is 5.10 Å². The summed E-state index contributed by atoms with van der Waals surface area (Å²) >= 11 is 0. The highest BCUT2D eigenvalue weighted by molar-refractivity contribution is 5.90. The molecule has 0 saturated heterocycles. The first-order valence-corrected chi connectivity index (χ1v) is 10.1. The Bertz CT molecular complexity index is 1260. The summed E-state index contributed by atoms with van der Waals surface area (Å²) in [4.78, 5) is 25.7. The highest BCUT2D eigenvalue weighted by Gasteiger charge is 2.18. The van der Waals surface area contributed by atoms with Crippen LogP contribution in [0.2, 0.25) is 0 Å². The minimum Gasteiger partial charge on any atom is -0.450 e. The molecule has 0 aliphatic carbocycles. The summed E-state index contributed by atoms with van der Waals surface area (Å²) in [6.07, 6.45) is 1.45. The smallest absolute Gasteiger partial charge is 0.409 e. The summed E-state index contributed by atoms with van der Waals surface area (Å²) in [6.45, 7) is 2.60. The number of likely N-dealkylation sites (N-methyl/N-ethyl adjacent to an activating group) is 1. The maximum absolute atomic E-state index is 12.4. The van der Waals surface area contributed by atoms with Gasteiger partial charge in [-0.1, -0.05) is 36.4 Å². The topological polar surface area (TPSA) is 81.7 Å². The van der Waals surface area contributed by atoms with E-state index in [9.17, 15) is 9.59 Å². The maximum atomic E-state index is 12.4. The van der Waals surface area contributed by atoms with Crippen LogP contribution in [-0.2, 0) is 11.3 Å². The van der Waals surface area contributed by atoms with Gasteiger partial charge in [0.2, 0.25) is 0 Å². The lowest BCUT2D eigenvalue weighted by atomic mass is 10.0. The van der Waals surface area contributed by atoms with Crippen molar-refractivity contribution in [1.29, 1.82) is 0 Å². The predicted octanol–water partition coefficient (Wildman–Crippen LogP) is 3.31. The summed E-state index contributed by atoms with van der Waals surface area (Å²) < 4.78 is 8.16. The van der Waals surface area contributed by atoms with E-state index in [1.807, 2.05) is 59.2 Å². The third-order valence-corrected chi connectivity index (χ3v) is 4.94. The van der Waals surface area contributed by atoms with Crippen molar-refractivity contribution in [3.05, 3.63) is 77.2 Å². The number of hydrogen-bond donors (Lipinski definition) is 0. The minimum atomic E-state index is -0.430. The van der Waals surface area contributed by atoms with Crippen molar-refractivity contribution in [2.24, 2.45) is 0 Å². The molecule has 0 spiro atoms. The molecule has 0 saturated carbocycles. The molecule has 0 bridgehead atoms. The lowest BCUT2D eigenvalue weighted by molar-refractivity contribution is 0.114. The fourth-order valence-electron chi connectivity index (χ4n) is 3.36. The number of carbonyl (C=O) groups is 1. The monoisotopic (exact) mass is 417 g/mol. The molecule has 3 aromatic heterocycles. The van der Waals surface area contributed by atoms with E-state index >= 15 is 0 Å². The molecule has 8 nitrogen and oxygen atoms in total. The van der Waals surface area contributed by atoms with Crippen LogP contribution >= 0.6 is 0 Å². The molecule has 0 aliphatic rings. The van der Waals surface area contributed by atoms with Crippen LogP contribution in [0.4, 0.5) is 4.79 Å². The van der Waals surface area contributed by atoms with Crippen LogP contribution in [0.1, 0.15) is 6.92 Å². The van der Waals surface area contributed by atoms with Crippen molar-refractivity contribution < 1.29 is 9.53 Å². The first-order chi connectivity index (χ1) is 15.1. The molecular weight excluding hydrogens is 394 g/mol. The molecule has 0 radical (unpaired) electrons. The minimum absolute atomic E-state index is 0.237. The van der Waals surface area contributed by atoms with Gasteiger partial charge in [0, 0.05) is 31.4 Å². The van der Waals surface area contributed by atoms with Crippen molar-refractivity contribution in [2.45, 2.75) is 13.5 Å². The molecule has 0 N–H and O–H groups in total. The molecule has 8 heteroatoms. The molecule has 0 fully saturated rings. The molecule has 0 unspecified atom stereocenters. The molecule has 3 heterocycles. The van der Waals surface area contributed by atoms with E-state index in [4.69, 9.17) is 9.84 Å². The molecule has 0 atom stereocenters. The molecule has 4 rings (SSSR count). The highest BCUT2D eigenvalue weighted by Crippen LogP contribution is 2.33. The van der Waals surface area contributed by atoms with Gasteiger partial charge in [-0.25, -0.2) is 14.0 Å². The first kappa shape index (κ1) is 20.3. The average Bonchev–Trinajstić information content (AvgIpc) is 3.19. The number of carbonyl (C=O) groups excluding carboxylic acids is 1. The number of fused-ring (bicyclic) bond motifs is 1. The van der Waals surface area contributed by atoms with Gasteiger partial charge < -0.3 is 9.64 Å². The second-order valence-corrected chi connectivity index (χ2v) is 7.02. The van der Waals surface area contributed by atoms with Gasteiger partial charge in [0.25, 0.3) is 5.56 Å². The second-order valence-electron chi connectivity index (χ2n) is 7.02. The fraction of sp³-hybridized carbons (Fsp3) is 0.217. The predicted molar refractivity (Wildman–Crippen MR) is 118 cm³/mol. The van der Waals surface area contributed by atoms with E-state index in [1.54, 1.807) is 20.0 Å². The number of nitrogens with zero attached hydrogens (tertiary/aromatic N) is 5. The SMILES string of the molecule is CCOC(=O)N(C)CCn1nc(-c2c(-c3ccccc3)nn3ccccc23)ccc1=O. The Kier molecular flexibility index (Phi) is 5.79. The highest BCUT2D eigenvalue weighted by atomic mass is 16.5. The Morgan fingerprint density at radius 1 is 1.03 bits per heavy atom. The van der Waals surface area contributed by atoms with Gasteiger partial charge in [0.15, 0.2) is 0 Å². The van der Waals surface area contributed by atoms with Gasteiger partial charge >= 0.3 is 6.09 Å². The summed E-state index contributed by atoms with van der Waals surface area (Å²) in [5, 5.41) is 9.35. The van der Waals surface area contributed by atoms with Crippen LogP contribution in [0.15, 0.2) is 71.7 Å². The summed E-state index contributed by atoms with van der Waals surface area (Å²) in [7, 11) is 1.63. The Labute approximate surface area is 179 Å². The van der Waals surface area contributed by atoms with Crippen LogP contribution < -0.4 is 5.56 Å². The lowest BCUT2D eigenvalue weighted by Crippen LogP contribution is -2.34. The number of amides is 1. The molecule has 4 aromatic rings. The Morgan fingerprint density at radius 3 is 2.58 bits per heavy atom. The van der Waals surface area contributed by atoms with Gasteiger partial charge in [-0.15, -0.1) is 0 Å². The molecule has 1 aromatic carbocycles. The summed E-state index contributed by atoms with van der Waals surface area (Å²) in [5.41, 5.74) is 3.88. The zero-order valence-electron chi connectivity index (χ0n) is 17.4. The van der Waals surface area contributed by atoms with Crippen molar-refractivity contribution in [1.82, 2.24) is 24.3 Å². The molecule has 158 valence electrons. The van der Waals surface area contributed by atoms with Gasteiger partial charge in [-0.2, -0.15) is 10.2 Å². The Morgan fingerprint density at radius 2 is 1.81 bits per heavy atom. The largest absolute Gasteiger partial charge is 0.450 e. The molecule has 31 heavy (non-hydrogen) atoms. The summed E-state index contributed by atoms with van der Waals surface area (Å²) in [6, 6.07) is 18.9. The summed E-state index contributed by atoms with van der Waals surface area (Å²) in [5.74, 6) is 0. The number of aromatic nitrogens is 4. The zero-order valence-corrected chi connectivity index (χ0v) is 17.4. The van der Waals surface area contributed by atoms with E-state index in [0.29, 0.717) is 18.8 Å². The van der Waals surface area contributed by atoms with Crippen LogP contribution in [0.5, 0.6) is 0 Å². The fourth-order valence-corrected chi connectivity index (χ4v) is 3.36. The zero-order chi connectivity index (χ0) is 21.8. The number of pyridine rings is 1.